The minimum Gasteiger partial charge on any atom is -0.310 e. The molecule has 0 amide bonds. The van der Waals surface area contributed by atoms with Crippen LogP contribution in [-0.2, 0) is 0 Å². The van der Waals surface area contributed by atoms with E-state index in [0.29, 0.717) is 0 Å². The number of fused-ring (bicyclic) bond motifs is 6. The van der Waals surface area contributed by atoms with Crippen molar-refractivity contribution in [2.24, 2.45) is 0 Å². The van der Waals surface area contributed by atoms with E-state index in [1.54, 1.807) is 0 Å². The van der Waals surface area contributed by atoms with E-state index in [-0.39, 0.29) is 0 Å². The van der Waals surface area contributed by atoms with Crippen LogP contribution < -0.4 is 4.90 Å². The number of hydrogen-bond acceptors (Lipinski definition) is 1. The molecule has 11 aromatic carbocycles. The number of para-hydroxylation sites is 1. The first-order valence-electron chi connectivity index (χ1n) is 22.0. The van der Waals surface area contributed by atoms with Crippen molar-refractivity contribution in [2.45, 2.75) is 0 Å². The second-order valence-corrected chi connectivity index (χ2v) is 16.5. The maximum Gasteiger partial charge on any atom is 0.0547 e. The number of benzene rings is 11. The largest absolute Gasteiger partial charge is 0.310 e. The molecule has 0 fully saturated rings. The summed E-state index contributed by atoms with van der Waals surface area (Å²) < 4.78 is 2.42. The van der Waals surface area contributed by atoms with Gasteiger partial charge in [-0.05, 0) is 139 Å². The third-order valence-corrected chi connectivity index (χ3v) is 12.7. The predicted octanol–water partition coefficient (Wildman–Crippen LogP) is 17.2. The molecule has 0 unspecified atom stereocenters. The smallest absolute Gasteiger partial charge is 0.0547 e. The van der Waals surface area contributed by atoms with Crippen LogP contribution in [0.3, 0.4) is 0 Å². The molecule has 0 spiro atoms. The summed E-state index contributed by atoms with van der Waals surface area (Å²) in [5.74, 6) is 0. The van der Waals surface area contributed by atoms with E-state index >= 15 is 0 Å². The SMILES string of the molecule is c1ccc(-c2cc(-c3ccccc3)cc(N(c3ccc(-c4ccc5ccccc5c4)cc3)c3cccc(-c4cccc5c4c4c6ccccc6ccc4n5-c4ccccc4)c3)c2)cc1. The highest BCUT2D eigenvalue weighted by Crippen LogP contribution is 2.45. The molecule has 0 radical (unpaired) electrons. The summed E-state index contributed by atoms with van der Waals surface area (Å²) in [5.41, 5.74) is 16.2. The van der Waals surface area contributed by atoms with Gasteiger partial charge >= 0.3 is 0 Å². The molecule has 0 atom stereocenters. The van der Waals surface area contributed by atoms with E-state index in [1.807, 2.05) is 0 Å². The molecule has 12 aromatic rings. The summed E-state index contributed by atoms with van der Waals surface area (Å²) in [4.78, 5) is 2.43. The summed E-state index contributed by atoms with van der Waals surface area (Å²) in [6.07, 6.45) is 0. The lowest BCUT2D eigenvalue weighted by molar-refractivity contribution is 1.18. The zero-order chi connectivity index (χ0) is 42.4. The van der Waals surface area contributed by atoms with Crippen LogP contribution in [0.15, 0.2) is 255 Å². The first kappa shape index (κ1) is 37.3. The Kier molecular flexibility index (Phi) is 9.20. The van der Waals surface area contributed by atoms with Gasteiger partial charge in [-0.25, -0.2) is 0 Å². The maximum atomic E-state index is 2.43. The number of rotatable bonds is 8. The maximum absolute atomic E-state index is 2.43. The first-order valence-corrected chi connectivity index (χ1v) is 22.0. The standard InChI is InChI=1S/C62H42N2/c1-4-16-43(17-5-1)51-39-52(44-18-6-2-7-19-44)42-56(41-51)63(54-35-32-46(33-36-54)49-31-30-45-20-10-11-22-48(45)38-49)55-26-14-23-50(40-55)58-28-15-29-59-62(58)61-57-27-13-12-21-47(57)34-37-60(61)64(59)53-24-8-3-9-25-53/h1-42H. The summed E-state index contributed by atoms with van der Waals surface area (Å²) in [7, 11) is 0. The van der Waals surface area contributed by atoms with E-state index in [9.17, 15) is 0 Å². The number of hydrogen-bond donors (Lipinski definition) is 0. The molecule has 2 nitrogen and oxygen atoms in total. The minimum absolute atomic E-state index is 1.08. The number of nitrogens with zero attached hydrogens (tertiary/aromatic N) is 2. The van der Waals surface area contributed by atoms with Crippen molar-refractivity contribution < 1.29 is 0 Å². The fraction of sp³-hybridized carbons (Fsp3) is 0. The average molecular weight is 815 g/mol. The Labute approximate surface area is 373 Å². The van der Waals surface area contributed by atoms with Crippen molar-refractivity contribution >= 4 is 60.4 Å². The van der Waals surface area contributed by atoms with Gasteiger partial charge in [0.2, 0.25) is 0 Å². The van der Waals surface area contributed by atoms with Crippen molar-refractivity contribution in [2.75, 3.05) is 4.90 Å². The monoisotopic (exact) mass is 814 g/mol. The van der Waals surface area contributed by atoms with E-state index in [2.05, 4.69) is 264 Å². The summed E-state index contributed by atoms with van der Waals surface area (Å²) in [6.45, 7) is 0. The molecule has 0 aliphatic heterocycles. The molecular weight excluding hydrogens is 773 g/mol. The molecule has 300 valence electrons. The Balaban J connectivity index is 1.08. The summed E-state index contributed by atoms with van der Waals surface area (Å²) in [5, 5.41) is 7.49. The molecule has 1 aromatic heterocycles. The van der Waals surface area contributed by atoms with Crippen LogP contribution in [0.1, 0.15) is 0 Å². The highest BCUT2D eigenvalue weighted by molar-refractivity contribution is 6.25. The molecule has 0 saturated heterocycles. The third kappa shape index (κ3) is 6.61. The van der Waals surface area contributed by atoms with Crippen molar-refractivity contribution in [3.8, 4) is 50.2 Å². The molecular formula is C62H42N2. The van der Waals surface area contributed by atoms with Crippen LogP contribution in [-0.4, -0.2) is 4.57 Å². The fourth-order valence-electron chi connectivity index (χ4n) is 9.69. The Hall–Kier alpha value is -8.46. The molecule has 0 N–H and O–H groups in total. The topological polar surface area (TPSA) is 8.17 Å². The Morgan fingerprint density at radius 2 is 0.812 bits per heavy atom. The molecule has 1 heterocycles. The van der Waals surface area contributed by atoms with Gasteiger partial charge in [0, 0.05) is 33.5 Å². The van der Waals surface area contributed by atoms with Gasteiger partial charge in [0.15, 0.2) is 0 Å². The second kappa shape index (κ2) is 15.8. The first-order chi connectivity index (χ1) is 31.7. The fourth-order valence-corrected chi connectivity index (χ4v) is 9.69. The van der Waals surface area contributed by atoms with Gasteiger partial charge in [0.25, 0.3) is 0 Å². The molecule has 0 bridgehead atoms. The van der Waals surface area contributed by atoms with Crippen LogP contribution >= 0.6 is 0 Å². The molecule has 64 heavy (non-hydrogen) atoms. The Morgan fingerprint density at radius 3 is 1.55 bits per heavy atom. The molecule has 2 heteroatoms. The van der Waals surface area contributed by atoms with Gasteiger partial charge < -0.3 is 9.47 Å². The number of anilines is 3. The molecule has 0 saturated carbocycles. The van der Waals surface area contributed by atoms with Gasteiger partial charge in [0.05, 0.1) is 11.0 Å². The molecule has 12 rings (SSSR count). The predicted molar refractivity (Wildman–Crippen MR) is 272 cm³/mol. The summed E-state index contributed by atoms with van der Waals surface area (Å²) >= 11 is 0. The van der Waals surface area contributed by atoms with Gasteiger partial charge in [-0.1, -0.05) is 182 Å². The number of aromatic nitrogens is 1. The van der Waals surface area contributed by atoms with Crippen molar-refractivity contribution in [3.05, 3.63) is 255 Å². The highest BCUT2D eigenvalue weighted by atomic mass is 15.1. The lowest BCUT2D eigenvalue weighted by Gasteiger charge is -2.27. The van der Waals surface area contributed by atoms with Crippen LogP contribution in [0, 0.1) is 0 Å². The van der Waals surface area contributed by atoms with E-state index < -0.39 is 0 Å². The van der Waals surface area contributed by atoms with Gasteiger partial charge in [-0.3, -0.25) is 0 Å². The summed E-state index contributed by atoms with van der Waals surface area (Å²) in [6, 6.07) is 92.8. The lowest BCUT2D eigenvalue weighted by Crippen LogP contribution is -2.10. The van der Waals surface area contributed by atoms with Gasteiger partial charge in [-0.2, -0.15) is 0 Å². The zero-order valence-corrected chi connectivity index (χ0v) is 35.1. The van der Waals surface area contributed by atoms with Crippen LogP contribution in [0.5, 0.6) is 0 Å². The zero-order valence-electron chi connectivity index (χ0n) is 35.1. The third-order valence-electron chi connectivity index (χ3n) is 12.7. The van der Waals surface area contributed by atoms with Gasteiger partial charge in [0.1, 0.15) is 0 Å². The highest BCUT2D eigenvalue weighted by Gasteiger charge is 2.21. The van der Waals surface area contributed by atoms with Crippen molar-refractivity contribution in [1.82, 2.24) is 4.57 Å². The molecule has 0 aliphatic carbocycles. The van der Waals surface area contributed by atoms with Gasteiger partial charge in [-0.15, -0.1) is 0 Å². The van der Waals surface area contributed by atoms with E-state index in [1.165, 1.54) is 71.2 Å². The van der Waals surface area contributed by atoms with Crippen LogP contribution in [0.25, 0.3) is 93.5 Å². The van der Waals surface area contributed by atoms with E-state index in [4.69, 9.17) is 0 Å². The lowest BCUT2D eigenvalue weighted by atomic mass is 9.95. The normalized spacial score (nSPS) is 11.4. The Bertz CT molecular complexity index is 3590. The second-order valence-electron chi connectivity index (χ2n) is 16.5. The van der Waals surface area contributed by atoms with Crippen molar-refractivity contribution in [3.63, 3.8) is 0 Å². The minimum atomic E-state index is 1.08. The van der Waals surface area contributed by atoms with Crippen molar-refractivity contribution in [1.29, 1.82) is 0 Å². The quantitative estimate of drug-likeness (QED) is 0.148. The average Bonchev–Trinajstić information content (AvgIpc) is 3.72. The Morgan fingerprint density at radius 1 is 0.266 bits per heavy atom. The molecule has 0 aliphatic rings. The van der Waals surface area contributed by atoms with E-state index in [0.717, 1.165) is 39.4 Å². The van der Waals surface area contributed by atoms with Crippen LogP contribution in [0.2, 0.25) is 0 Å². The van der Waals surface area contributed by atoms with Crippen LogP contribution in [0.4, 0.5) is 17.1 Å².